The van der Waals surface area contributed by atoms with Gasteiger partial charge in [0.2, 0.25) is 0 Å². The van der Waals surface area contributed by atoms with E-state index < -0.39 is 0 Å². The zero-order valence-corrected chi connectivity index (χ0v) is 31.6. The number of aryl methyl sites for hydroxylation is 2. The van der Waals surface area contributed by atoms with Crippen molar-refractivity contribution in [1.29, 1.82) is 0 Å². The molecule has 0 fully saturated rings. The molecule has 0 spiro atoms. The number of allylic oxidation sites excluding steroid dienone is 2. The predicted molar refractivity (Wildman–Crippen MR) is 193 cm³/mol. The van der Waals surface area contributed by atoms with Crippen LogP contribution in [0.2, 0.25) is 0 Å². The molecule has 8 bridgehead atoms. The van der Waals surface area contributed by atoms with Crippen molar-refractivity contribution in [3.8, 4) is 0 Å². The van der Waals surface area contributed by atoms with Crippen molar-refractivity contribution < 1.29 is 0 Å². The molecule has 0 amide bonds. The van der Waals surface area contributed by atoms with E-state index in [1.807, 2.05) is 0 Å². The van der Waals surface area contributed by atoms with Gasteiger partial charge in [-0.3, -0.25) is 0 Å². The number of aromatic amines is 2. The first-order valence-corrected chi connectivity index (χ1v) is 18.3. The quantitative estimate of drug-likeness (QED) is 0.237. The number of hydrogen-bond donors (Lipinski definition) is 2. The highest BCUT2D eigenvalue weighted by atomic mass is 79.9. The number of nitrogens with one attached hydrogen (secondary N) is 2. The zero-order valence-electron chi connectivity index (χ0n) is 23.7. The van der Waals surface area contributed by atoms with Crippen LogP contribution in [0.5, 0.6) is 0 Å². The lowest BCUT2D eigenvalue weighted by molar-refractivity contribution is 0.927. The van der Waals surface area contributed by atoms with E-state index in [2.05, 4.69) is 136 Å². The van der Waals surface area contributed by atoms with E-state index in [4.69, 9.17) is 9.97 Å². The minimum absolute atomic E-state index is 0.924. The molecule has 5 heterocycles. The first kappa shape index (κ1) is 31.4. The highest BCUT2D eigenvalue weighted by Crippen LogP contribution is 2.45. The van der Waals surface area contributed by atoms with Crippen LogP contribution in [-0.4, -0.2) is 19.9 Å². The van der Waals surface area contributed by atoms with Crippen LogP contribution >= 0.6 is 79.6 Å². The van der Waals surface area contributed by atoms with E-state index >= 15 is 0 Å². The first-order valence-electron chi connectivity index (χ1n) is 14.3. The molecule has 2 aliphatic heterocycles. The summed E-state index contributed by atoms with van der Waals surface area (Å²) in [5.41, 5.74) is 12.9. The molecule has 2 aliphatic rings. The van der Waals surface area contributed by atoms with Crippen molar-refractivity contribution in [2.45, 2.75) is 79.1 Å². The van der Waals surface area contributed by atoms with Crippen LogP contribution in [0.4, 0.5) is 0 Å². The lowest BCUT2D eigenvalue weighted by Crippen LogP contribution is -1.85. The van der Waals surface area contributed by atoms with Gasteiger partial charge in [0.05, 0.1) is 31.4 Å². The Morgan fingerprint density at radius 3 is 1.71 bits per heavy atom. The molecule has 9 heteroatoms. The molecule has 41 heavy (non-hydrogen) atoms. The second kappa shape index (κ2) is 13.3. The van der Waals surface area contributed by atoms with Crippen LogP contribution in [0, 0.1) is 0 Å². The van der Waals surface area contributed by atoms with Crippen molar-refractivity contribution in [2.24, 2.45) is 0 Å². The monoisotopic (exact) mass is 868 g/mol. The predicted octanol–water partition coefficient (Wildman–Crippen LogP) is 12.6. The molecule has 3 aromatic heterocycles. The van der Waals surface area contributed by atoms with Gasteiger partial charge in [0.15, 0.2) is 0 Å². The number of H-pyrrole nitrogens is 2. The molecule has 5 rings (SSSR count). The van der Waals surface area contributed by atoms with Gasteiger partial charge in [0.1, 0.15) is 11.4 Å². The Balaban J connectivity index is 2.00. The summed E-state index contributed by atoms with van der Waals surface area (Å²) >= 11 is 19.8. The summed E-state index contributed by atoms with van der Waals surface area (Å²) in [5.74, 6) is 0. The van der Waals surface area contributed by atoms with Crippen molar-refractivity contribution in [3.05, 3.63) is 65.5 Å². The Kier molecular flexibility index (Phi) is 10.2. The molecular formula is C32H33Br5N4. The average molecular weight is 873 g/mol. The second-order valence-corrected chi connectivity index (χ2v) is 14.5. The Morgan fingerprint density at radius 1 is 0.585 bits per heavy atom. The van der Waals surface area contributed by atoms with Gasteiger partial charge in [-0.2, -0.15) is 0 Å². The van der Waals surface area contributed by atoms with Crippen molar-refractivity contribution in [1.82, 2.24) is 19.9 Å². The van der Waals surface area contributed by atoms with Gasteiger partial charge in [-0.25, -0.2) is 9.97 Å². The normalized spacial score (nSPS) is 13.6. The van der Waals surface area contributed by atoms with Crippen LogP contribution in [0.1, 0.15) is 100 Å². The maximum absolute atomic E-state index is 5.24. The first-order chi connectivity index (χ1) is 19.7. The average Bonchev–Trinajstić information content (AvgIpc) is 3.63. The minimum atomic E-state index is 0.924. The fraction of sp³-hybridized carbons (Fsp3) is 0.375. The van der Waals surface area contributed by atoms with E-state index in [-0.39, 0.29) is 0 Å². The van der Waals surface area contributed by atoms with Gasteiger partial charge in [0.25, 0.3) is 0 Å². The van der Waals surface area contributed by atoms with Crippen LogP contribution in [-0.2, 0) is 12.8 Å². The number of hydrogen-bond acceptors (Lipinski definition) is 2. The molecule has 0 radical (unpaired) electrons. The second-order valence-electron chi connectivity index (χ2n) is 10.5. The lowest BCUT2D eigenvalue weighted by atomic mass is 10.1. The summed E-state index contributed by atoms with van der Waals surface area (Å²) in [7, 11) is 0. The third kappa shape index (κ3) is 5.79. The molecule has 3 aromatic rings. The van der Waals surface area contributed by atoms with Gasteiger partial charge >= 0.3 is 0 Å². The standard InChI is InChI=1S/C32H33Br5N4/c1-5-9-16-21-13-14-22-17(10-6-2)25(35)31(39-22)32-27(37)19(12-8-4)28(41-32)20(33)15-23-18(11-7-3)26(36)30(40-23)29(38-21)24(16)34/h13-15,39-40H,5-12H2,1-4H3. The lowest BCUT2D eigenvalue weighted by Gasteiger charge is -2.03. The topological polar surface area (TPSA) is 57.4 Å². The van der Waals surface area contributed by atoms with Crippen LogP contribution < -0.4 is 0 Å². The number of rotatable bonds is 8. The van der Waals surface area contributed by atoms with Crippen molar-refractivity contribution in [3.63, 3.8) is 0 Å². The Morgan fingerprint density at radius 2 is 1.10 bits per heavy atom. The van der Waals surface area contributed by atoms with E-state index in [1.165, 1.54) is 22.3 Å². The van der Waals surface area contributed by atoms with E-state index in [1.54, 1.807) is 0 Å². The minimum Gasteiger partial charge on any atom is -0.353 e. The van der Waals surface area contributed by atoms with Crippen molar-refractivity contribution in [2.75, 3.05) is 0 Å². The molecule has 2 N–H and O–H groups in total. The molecule has 0 atom stereocenters. The molecule has 0 aliphatic carbocycles. The summed E-state index contributed by atoms with van der Waals surface area (Å²) in [6.07, 6.45) is 7.91. The number of fused-ring (bicyclic) bond motifs is 10. The number of nitrogens with zero attached hydrogens (tertiary/aromatic N) is 2. The fourth-order valence-corrected chi connectivity index (χ4v) is 8.92. The van der Waals surface area contributed by atoms with Crippen LogP contribution in [0.25, 0.3) is 42.2 Å². The maximum Gasteiger partial charge on any atom is 0.103 e. The summed E-state index contributed by atoms with van der Waals surface area (Å²) in [5, 5.41) is 0. The molecule has 216 valence electrons. The third-order valence-corrected chi connectivity index (χ3v) is 11.6. The summed E-state index contributed by atoms with van der Waals surface area (Å²) < 4.78 is 5.20. The van der Waals surface area contributed by atoms with Gasteiger partial charge in [-0.1, -0.05) is 53.4 Å². The zero-order chi connectivity index (χ0) is 29.4. The molecular weight excluding hydrogens is 840 g/mol. The Bertz CT molecular complexity index is 1740. The van der Waals surface area contributed by atoms with E-state index in [9.17, 15) is 0 Å². The molecule has 0 saturated carbocycles. The SMILES string of the molecule is CCCC1=C(Br)c2nc1ccc1[nH]c(c3nc(c(Br)cc4[nH]c2c(Br)c4CCC)C(CCC)=C3Br)c(Br)c1CCC. The van der Waals surface area contributed by atoms with Gasteiger partial charge in [-0.05, 0) is 146 Å². The largest absolute Gasteiger partial charge is 0.353 e. The van der Waals surface area contributed by atoms with Crippen molar-refractivity contribution >= 4 is 122 Å². The molecule has 0 unspecified atom stereocenters. The maximum atomic E-state index is 5.24. The fourth-order valence-electron chi connectivity index (χ4n) is 5.61. The summed E-state index contributed by atoms with van der Waals surface area (Å²) in [6, 6.07) is 6.53. The molecule has 0 saturated heterocycles. The molecule has 0 aromatic carbocycles. The van der Waals surface area contributed by atoms with Crippen LogP contribution in [0.15, 0.2) is 31.6 Å². The third-order valence-electron chi connectivity index (χ3n) is 7.51. The Labute approximate surface area is 284 Å². The smallest absolute Gasteiger partial charge is 0.103 e. The van der Waals surface area contributed by atoms with Gasteiger partial charge in [0, 0.05) is 24.5 Å². The van der Waals surface area contributed by atoms with Crippen LogP contribution in [0.3, 0.4) is 0 Å². The number of halogens is 5. The molecule has 4 nitrogen and oxygen atoms in total. The van der Waals surface area contributed by atoms with Gasteiger partial charge in [-0.15, -0.1) is 0 Å². The van der Waals surface area contributed by atoms with E-state index in [0.29, 0.717) is 0 Å². The Hall–Kier alpha value is -1.000. The highest BCUT2D eigenvalue weighted by Gasteiger charge is 2.25. The number of aromatic nitrogens is 4. The van der Waals surface area contributed by atoms with E-state index in [0.717, 1.165) is 119 Å². The summed E-state index contributed by atoms with van der Waals surface area (Å²) in [4.78, 5) is 17.9. The van der Waals surface area contributed by atoms with Gasteiger partial charge < -0.3 is 9.97 Å². The highest BCUT2D eigenvalue weighted by molar-refractivity contribution is 9.15. The summed E-state index contributed by atoms with van der Waals surface area (Å²) in [6.45, 7) is 8.86.